The zero-order valence-electron chi connectivity index (χ0n) is 11.0. The van der Waals surface area contributed by atoms with Crippen LogP contribution in [-0.2, 0) is 0 Å². The SMILES string of the molecule is CC(C)N1CC(CN)N(C)CC(C)(C)C1. The van der Waals surface area contributed by atoms with Crippen LogP contribution < -0.4 is 5.73 Å². The number of hydrogen-bond acceptors (Lipinski definition) is 3. The Morgan fingerprint density at radius 1 is 1.33 bits per heavy atom. The van der Waals surface area contributed by atoms with Crippen LogP contribution in [0.5, 0.6) is 0 Å². The fourth-order valence-corrected chi connectivity index (χ4v) is 2.53. The van der Waals surface area contributed by atoms with Gasteiger partial charge in [-0.1, -0.05) is 13.8 Å². The van der Waals surface area contributed by atoms with Crippen molar-refractivity contribution in [3.8, 4) is 0 Å². The molecule has 15 heavy (non-hydrogen) atoms. The second kappa shape index (κ2) is 4.81. The summed E-state index contributed by atoms with van der Waals surface area (Å²) in [7, 11) is 2.20. The minimum absolute atomic E-state index is 0.364. The maximum absolute atomic E-state index is 5.85. The van der Waals surface area contributed by atoms with Crippen molar-refractivity contribution in [2.24, 2.45) is 11.1 Å². The van der Waals surface area contributed by atoms with Gasteiger partial charge in [-0.15, -0.1) is 0 Å². The van der Waals surface area contributed by atoms with E-state index in [2.05, 4.69) is 44.5 Å². The number of nitrogens with two attached hydrogens (primary N) is 1. The molecule has 90 valence electrons. The fourth-order valence-electron chi connectivity index (χ4n) is 2.53. The lowest BCUT2D eigenvalue weighted by Gasteiger charge is -2.32. The molecule has 1 fully saturated rings. The Balaban J connectivity index is 2.78. The van der Waals surface area contributed by atoms with Crippen LogP contribution in [0.2, 0.25) is 0 Å². The van der Waals surface area contributed by atoms with Crippen molar-refractivity contribution in [1.82, 2.24) is 9.80 Å². The van der Waals surface area contributed by atoms with Crippen LogP contribution in [0.4, 0.5) is 0 Å². The van der Waals surface area contributed by atoms with Crippen LogP contribution in [0.1, 0.15) is 27.7 Å². The number of likely N-dealkylation sites (N-methyl/N-ethyl adjacent to an activating group) is 1. The summed E-state index contributed by atoms with van der Waals surface area (Å²) in [4.78, 5) is 4.98. The highest BCUT2D eigenvalue weighted by Gasteiger charge is 2.32. The first-order chi connectivity index (χ1) is 6.85. The molecule has 1 saturated heterocycles. The molecule has 0 aliphatic carbocycles. The highest BCUT2D eigenvalue weighted by atomic mass is 15.3. The zero-order chi connectivity index (χ0) is 11.6. The van der Waals surface area contributed by atoms with Crippen molar-refractivity contribution in [3.05, 3.63) is 0 Å². The van der Waals surface area contributed by atoms with Gasteiger partial charge in [0, 0.05) is 38.3 Å². The normalized spacial score (nSPS) is 29.4. The van der Waals surface area contributed by atoms with Gasteiger partial charge in [0.15, 0.2) is 0 Å². The van der Waals surface area contributed by atoms with E-state index in [0.29, 0.717) is 17.5 Å². The zero-order valence-corrected chi connectivity index (χ0v) is 11.0. The largest absolute Gasteiger partial charge is 0.329 e. The summed E-state index contributed by atoms with van der Waals surface area (Å²) >= 11 is 0. The number of hydrogen-bond donors (Lipinski definition) is 1. The molecule has 0 radical (unpaired) electrons. The van der Waals surface area contributed by atoms with E-state index < -0.39 is 0 Å². The van der Waals surface area contributed by atoms with Gasteiger partial charge in [0.2, 0.25) is 0 Å². The second-order valence-corrected chi connectivity index (χ2v) is 5.99. The minimum Gasteiger partial charge on any atom is -0.329 e. The third-order valence-electron chi connectivity index (χ3n) is 3.38. The van der Waals surface area contributed by atoms with E-state index in [1.54, 1.807) is 0 Å². The van der Waals surface area contributed by atoms with Crippen molar-refractivity contribution in [2.45, 2.75) is 39.8 Å². The molecule has 0 aromatic rings. The van der Waals surface area contributed by atoms with Crippen molar-refractivity contribution in [2.75, 3.05) is 33.2 Å². The van der Waals surface area contributed by atoms with E-state index in [-0.39, 0.29) is 0 Å². The third-order valence-corrected chi connectivity index (χ3v) is 3.38. The maximum Gasteiger partial charge on any atom is 0.0342 e. The topological polar surface area (TPSA) is 32.5 Å². The van der Waals surface area contributed by atoms with E-state index in [1.165, 1.54) is 6.54 Å². The minimum atomic E-state index is 0.364. The molecule has 3 heteroatoms. The standard InChI is InChI=1S/C12H27N3/c1-10(2)15-7-11(6-13)14(5)8-12(3,4)9-15/h10-11H,6-9,13H2,1-5H3. The van der Waals surface area contributed by atoms with Crippen molar-refractivity contribution < 1.29 is 0 Å². The Bertz CT molecular complexity index is 201. The second-order valence-electron chi connectivity index (χ2n) is 5.99. The Kier molecular flexibility index (Phi) is 4.15. The van der Waals surface area contributed by atoms with Crippen LogP contribution in [0.25, 0.3) is 0 Å². The first kappa shape index (κ1) is 12.9. The monoisotopic (exact) mass is 213 g/mol. The van der Waals surface area contributed by atoms with Gasteiger partial charge >= 0.3 is 0 Å². The van der Waals surface area contributed by atoms with Gasteiger partial charge in [-0.2, -0.15) is 0 Å². The van der Waals surface area contributed by atoms with E-state index in [4.69, 9.17) is 5.73 Å². The summed E-state index contributed by atoms with van der Waals surface area (Å²) in [5.74, 6) is 0. The van der Waals surface area contributed by atoms with Gasteiger partial charge in [-0.05, 0) is 26.3 Å². The van der Waals surface area contributed by atoms with Crippen molar-refractivity contribution in [1.29, 1.82) is 0 Å². The Hall–Kier alpha value is -0.120. The Morgan fingerprint density at radius 2 is 1.93 bits per heavy atom. The maximum atomic E-state index is 5.85. The predicted octanol–water partition coefficient (Wildman–Crippen LogP) is 0.996. The first-order valence-corrected chi connectivity index (χ1v) is 6.00. The first-order valence-electron chi connectivity index (χ1n) is 6.00. The number of nitrogens with zero attached hydrogens (tertiary/aromatic N) is 2. The Morgan fingerprint density at radius 3 is 2.40 bits per heavy atom. The molecule has 0 saturated carbocycles. The fraction of sp³-hybridized carbons (Fsp3) is 1.00. The average Bonchev–Trinajstić information content (AvgIpc) is 2.20. The Labute approximate surface area is 94.6 Å². The third kappa shape index (κ3) is 3.44. The molecule has 0 spiro atoms. The van der Waals surface area contributed by atoms with Crippen LogP contribution in [0, 0.1) is 5.41 Å². The van der Waals surface area contributed by atoms with E-state index in [9.17, 15) is 0 Å². The smallest absolute Gasteiger partial charge is 0.0342 e. The van der Waals surface area contributed by atoms with E-state index >= 15 is 0 Å². The van der Waals surface area contributed by atoms with Gasteiger partial charge in [0.25, 0.3) is 0 Å². The van der Waals surface area contributed by atoms with Crippen LogP contribution in [0.3, 0.4) is 0 Å². The molecule has 1 unspecified atom stereocenters. The molecule has 1 rings (SSSR count). The molecule has 1 aliphatic rings. The molecular formula is C12H27N3. The van der Waals surface area contributed by atoms with Gasteiger partial charge in [0.1, 0.15) is 0 Å². The van der Waals surface area contributed by atoms with Crippen molar-refractivity contribution >= 4 is 0 Å². The lowest BCUT2D eigenvalue weighted by atomic mass is 9.92. The molecule has 0 bridgehead atoms. The lowest BCUT2D eigenvalue weighted by molar-refractivity contribution is 0.164. The van der Waals surface area contributed by atoms with Gasteiger partial charge in [-0.25, -0.2) is 0 Å². The quantitative estimate of drug-likeness (QED) is 0.742. The summed E-state index contributed by atoms with van der Waals surface area (Å²) < 4.78 is 0. The van der Waals surface area contributed by atoms with Crippen LogP contribution >= 0.6 is 0 Å². The molecule has 1 heterocycles. The van der Waals surface area contributed by atoms with Crippen LogP contribution in [-0.4, -0.2) is 55.1 Å². The molecule has 2 N–H and O–H groups in total. The van der Waals surface area contributed by atoms with E-state index in [0.717, 1.165) is 19.6 Å². The summed E-state index contributed by atoms with van der Waals surface area (Å²) in [5, 5.41) is 0. The van der Waals surface area contributed by atoms with E-state index in [1.807, 2.05) is 0 Å². The summed E-state index contributed by atoms with van der Waals surface area (Å²) in [5.41, 5.74) is 6.21. The number of rotatable bonds is 2. The van der Waals surface area contributed by atoms with Crippen molar-refractivity contribution in [3.63, 3.8) is 0 Å². The van der Waals surface area contributed by atoms with Gasteiger partial charge < -0.3 is 10.6 Å². The molecule has 3 nitrogen and oxygen atoms in total. The van der Waals surface area contributed by atoms with Gasteiger partial charge in [0.05, 0.1) is 0 Å². The molecule has 0 aromatic heterocycles. The molecule has 1 atom stereocenters. The predicted molar refractivity (Wildman–Crippen MR) is 66.0 cm³/mol. The van der Waals surface area contributed by atoms with Crippen LogP contribution in [0.15, 0.2) is 0 Å². The highest BCUT2D eigenvalue weighted by molar-refractivity contribution is 4.88. The lowest BCUT2D eigenvalue weighted by Crippen LogP contribution is -2.45. The summed E-state index contributed by atoms with van der Waals surface area (Å²) in [6, 6.07) is 1.12. The highest BCUT2D eigenvalue weighted by Crippen LogP contribution is 2.24. The summed E-state index contributed by atoms with van der Waals surface area (Å²) in [6.07, 6.45) is 0. The van der Waals surface area contributed by atoms with Gasteiger partial charge in [-0.3, -0.25) is 4.90 Å². The molecule has 0 amide bonds. The molecular weight excluding hydrogens is 186 g/mol. The molecule has 1 aliphatic heterocycles. The summed E-state index contributed by atoms with van der Waals surface area (Å²) in [6.45, 7) is 13.4. The molecule has 0 aromatic carbocycles. The average molecular weight is 213 g/mol.